The van der Waals surface area contributed by atoms with E-state index in [1.807, 2.05) is 19.9 Å². The lowest BCUT2D eigenvalue weighted by Crippen LogP contribution is -2.13. The van der Waals surface area contributed by atoms with Gasteiger partial charge in [-0.15, -0.1) is 0 Å². The largest absolute Gasteiger partial charge is 0.490 e. The Bertz CT molecular complexity index is 994. The predicted octanol–water partition coefficient (Wildman–Crippen LogP) is 4.58. The minimum atomic E-state index is -0.578. The Morgan fingerprint density at radius 1 is 1.13 bits per heavy atom. The summed E-state index contributed by atoms with van der Waals surface area (Å²) in [6.45, 7) is 4.62. The molecular formula is C22H21BrN2O5. The van der Waals surface area contributed by atoms with E-state index in [1.54, 1.807) is 24.3 Å². The van der Waals surface area contributed by atoms with E-state index in [0.29, 0.717) is 46.0 Å². The summed E-state index contributed by atoms with van der Waals surface area (Å²) in [5.41, 5.74) is 1.30. The van der Waals surface area contributed by atoms with Crippen molar-refractivity contribution in [1.29, 1.82) is 5.26 Å². The summed E-state index contributed by atoms with van der Waals surface area (Å²) in [4.78, 5) is 24.0. The molecular weight excluding hydrogens is 452 g/mol. The monoisotopic (exact) mass is 472 g/mol. The van der Waals surface area contributed by atoms with Crippen LogP contribution in [0.15, 0.2) is 46.4 Å². The minimum Gasteiger partial charge on any atom is -0.490 e. The fourth-order valence-corrected chi connectivity index (χ4v) is 3.11. The first-order valence-corrected chi connectivity index (χ1v) is 9.93. The number of nitriles is 1. The third-order valence-corrected chi connectivity index (χ3v) is 4.45. The predicted molar refractivity (Wildman–Crippen MR) is 116 cm³/mol. The van der Waals surface area contributed by atoms with Crippen LogP contribution in [-0.4, -0.2) is 32.2 Å². The fourth-order valence-electron chi connectivity index (χ4n) is 2.54. The second kappa shape index (κ2) is 11.0. The second-order valence-electron chi connectivity index (χ2n) is 5.89. The van der Waals surface area contributed by atoms with E-state index < -0.39 is 11.9 Å². The van der Waals surface area contributed by atoms with E-state index in [4.69, 9.17) is 9.47 Å². The number of esters is 1. The van der Waals surface area contributed by atoms with Crippen LogP contribution in [0.2, 0.25) is 0 Å². The van der Waals surface area contributed by atoms with E-state index in [0.717, 1.165) is 0 Å². The lowest BCUT2D eigenvalue weighted by Gasteiger charge is -2.13. The van der Waals surface area contributed by atoms with Crippen LogP contribution in [0.5, 0.6) is 11.5 Å². The van der Waals surface area contributed by atoms with Gasteiger partial charge in [-0.05, 0) is 77.8 Å². The maximum atomic E-state index is 12.5. The summed E-state index contributed by atoms with van der Waals surface area (Å²) >= 11 is 3.44. The molecule has 1 N–H and O–H groups in total. The molecule has 0 fully saturated rings. The van der Waals surface area contributed by atoms with Crippen molar-refractivity contribution in [3.8, 4) is 17.6 Å². The number of hydrogen-bond donors (Lipinski definition) is 1. The van der Waals surface area contributed by atoms with Crippen molar-refractivity contribution in [2.24, 2.45) is 0 Å². The maximum absolute atomic E-state index is 12.5. The number of halogens is 1. The van der Waals surface area contributed by atoms with Gasteiger partial charge in [0.1, 0.15) is 11.6 Å². The number of benzene rings is 2. The minimum absolute atomic E-state index is 0.0921. The SMILES string of the molecule is CCOc1cc(/C=C(\C#N)C(=O)Nc2ccc(C(=O)OC)cc2)cc(Br)c1OCC. The summed E-state index contributed by atoms with van der Waals surface area (Å²) in [5.74, 6) is 0.0178. The van der Waals surface area contributed by atoms with Crippen molar-refractivity contribution >= 4 is 39.6 Å². The molecule has 0 bridgehead atoms. The Morgan fingerprint density at radius 2 is 1.80 bits per heavy atom. The molecule has 0 aromatic heterocycles. The normalized spacial score (nSPS) is 10.7. The van der Waals surface area contributed by atoms with Gasteiger partial charge in [0.05, 0.1) is 30.4 Å². The van der Waals surface area contributed by atoms with Gasteiger partial charge in [-0.2, -0.15) is 5.26 Å². The number of carbonyl (C=O) groups is 2. The smallest absolute Gasteiger partial charge is 0.337 e. The molecule has 2 aromatic rings. The lowest BCUT2D eigenvalue weighted by atomic mass is 10.1. The third kappa shape index (κ3) is 5.84. The van der Waals surface area contributed by atoms with Crippen LogP contribution in [0.3, 0.4) is 0 Å². The number of nitrogens with one attached hydrogen (secondary N) is 1. The van der Waals surface area contributed by atoms with Crippen molar-refractivity contribution in [2.45, 2.75) is 13.8 Å². The van der Waals surface area contributed by atoms with Crippen molar-refractivity contribution < 1.29 is 23.8 Å². The van der Waals surface area contributed by atoms with E-state index in [9.17, 15) is 14.9 Å². The highest BCUT2D eigenvalue weighted by atomic mass is 79.9. The number of ether oxygens (including phenoxy) is 3. The fraction of sp³-hybridized carbons (Fsp3) is 0.227. The topological polar surface area (TPSA) is 97.7 Å². The molecule has 0 radical (unpaired) electrons. The zero-order valence-electron chi connectivity index (χ0n) is 16.8. The summed E-state index contributed by atoms with van der Waals surface area (Å²) in [5, 5.41) is 12.1. The Hall–Kier alpha value is -3.31. The molecule has 8 heteroatoms. The molecule has 0 heterocycles. The van der Waals surface area contributed by atoms with E-state index in [-0.39, 0.29) is 5.57 Å². The molecule has 1 amide bonds. The molecule has 0 saturated heterocycles. The average molecular weight is 473 g/mol. The van der Waals surface area contributed by atoms with Crippen LogP contribution in [0.4, 0.5) is 5.69 Å². The Labute approximate surface area is 183 Å². The van der Waals surface area contributed by atoms with Gasteiger partial charge < -0.3 is 19.5 Å². The van der Waals surface area contributed by atoms with Crippen LogP contribution in [0, 0.1) is 11.3 Å². The number of methoxy groups -OCH3 is 1. The van der Waals surface area contributed by atoms with Gasteiger partial charge in [0.25, 0.3) is 5.91 Å². The number of rotatable bonds is 8. The molecule has 0 aliphatic carbocycles. The van der Waals surface area contributed by atoms with Crippen LogP contribution in [0.1, 0.15) is 29.8 Å². The summed E-state index contributed by atoms with van der Waals surface area (Å²) < 4.78 is 16.5. The molecule has 7 nitrogen and oxygen atoms in total. The molecule has 30 heavy (non-hydrogen) atoms. The molecule has 156 valence electrons. The van der Waals surface area contributed by atoms with Gasteiger partial charge in [0, 0.05) is 5.69 Å². The molecule has 0 spiro atoms. The van der Waals surface area contributed by atoms with Gasteiger partial charge in [-0.3, -0.25) is 4.79 Å². The average Bonchev–Trinajstić information content (AvgIpc) is 2.74. The Balaban J connectivity index is 2.27. The van der Waals surface area contributed by atoms with Crippen molar-refractivity contribution in [2.75, 3.05) is 25.6 Å². The van der Waals surface area contributed by atoms with Gasteiger partial charge in [-0.1, -0.05) is 0 Å². The standard InChI is InChI=1S/C22H21BrN2O5/c1-4-29-19-12-14(11-18(23)20(19)30-5-2)10-16(13-24)21(26)25-17-8-6-15(7-9-17)22(27)28-3/h6-12H,4-5H2,1-3H3,(H,25,26)/b16-10+. The first-order chi connectivity index (χ1) is 14.4. The van der Waals surface area contributed by atoms with Gasteiger partial charge in [0.2, 0.25) is 0 Å². The Morgan fingerprint density at radius 3 is 2.37 bits per heavy atom. The number of anilines is 1. The van der Waals surface area contributed by atoms with Crippen LogP contribution < -0.4 is 14.8 Å². The molecule has 0 aliphatic heterocycles. The molecule has 0 unspecified atom stereocenters. The van der Waals surface area contributed by atoms with Gasteiger partial charge in [0.15, 0.2) is 11.5 Å². The van der Waals surface area contributed by atoms with Crippen molar-refractivity contribution in [3.63, 3.8) is 0 Å². The lowest BCUT2D eigenvalue weighted by molar-refractivity contribution is -0.112. The highest BCUT2D eigenvalue weighted by Crippen LogP contribution is 2.37. The van der Waals surface area contributed by atoms with E-state index in [2.05, 4.69) is 26.0 Å². The van der Waals surface area contributed by atoms with Gasteiger partial charge >= 0.3 is 5.97 Å². The number of amides is 1. The third-order valence-electron chi connectivity index (χ3n) is 3.86. The Kier molecular flexibility index (Phi) is 8.44. The van der Waals surface area contributed by atoms with Crippen LogP contribution in [-0.2, 0) is 9.53 Å². The van der Waals surface area contributed by atoms with E-state index in [1.165, 1.54) is 25.3 Å². The molecule has 2 rings (SSSR count). The molecule has 0 aliphatic rings. The zero-order valence-corrected chi connectivity index (χ0v) is 18.4. The van der Waals surface area contributed by atoms with Gasteiger partial charge in [-0.25, -0.2) is 4.79 Å². The van der Waals surface area contributed by atoms with E-state index >= 15 is 0 Å². The van der Waals surface area contributed by atoms with Crippen LogP contribution >= 0.6 is 15.9 Å². The molecule has 2 aromatic carbocycles. The first kappa shape index (κ1) is 23.0. The quantitative estimate of drug-likeness (QED) is 0.343. The summed E-state index contributed by atoms with van der Waals surface area (Å²) in [6, 6.07) is 11.5. The van der Waals surface area contributed by atoms with Crippen LogP contribution in [0.25, 0.3) is 6.08 Å². The summed E-state index contributed by atoms with van der Waals surface area (Å²) in [6.07, 6.45) is 1.46. The number of carbonyl (C=O) groups excluding carboxylic acids is 2. The first-order valence-electron chi connectivity index (χ1n) is 9.14. The highest BCUT2D eigenvalue weighted by molar-refractivity contribution is 9.10. The van der Waals surface area contributed by atoms with Crippen molar-refractivity contribution in [1.82, 2.24) is 0 Å². The summed E-state index contributed by atoms with van der Waals surface area (Å²) in [7, 11) is 1.29. The maximum Gasteiger partial charge on any atom is 0.337 e. The number of hydrogen-bond acceptors (Lipinski definition) is 6. The number of nitrogens with zero attached hydrogens (tertiary/aromatic N) is 1. The molecule has 0 saturated carbocycles. The second-order valence-corrected chi connectivity index (χ2v) is 6.74. The molecule has 0 atom stereocenters. The zero-order chi connectivity index (χ0) is 22.1. The highest BCUT2D eigenvalue weighted by Gasteiger charge is 2.14. The van der Waals surface area contributed by atoms with Crippen molar-refractivity contribution in [3.05, 3.63) is 57.6 Å².